The van der Waals surface area contributed by atoms with E-state index in [1.165, 1.54) is 5.56 Å². The minimum Gasteiger partial charge on any atom is -0.255 e. The molecule has 0 saturated heterocycles. The van der Waals surface area contributed by atoms with E-state index in [-0.39, 0.29) is 0 Å². The lowest BCUT2D eigenvalue weighted by Gasteiger charge is -2.14. The van der Waals surface area contributed by atoms with Crippen molar-refractivity contribution in [2.75, 3.05) is 5.01 Å². The number of hydrogen-bond donors (Lipinski definition) is 1. The molecular weight excluding hydrogens is 221 g/mol. The molecule has 0 aliphatic rings. The molecule has 0 saturated carbocycles. The first kappa shape index (κ1) is 11.0. The number of anilines is 1. The van der Waals surface area contributed by atoms with Crippen molar-refractivity contribution in [2.24, 2.45) is 0 Å². The molecule has 0 unspecified atom stereocenters. The Balaban J connectivity index is 2.08. The van der Waals surface area contributed by atoms with Crippen LogP contribution in [0.15, 0.2) is 54.6 Å². The molecule has 0 amide bonds. The Bertz CT molecular complexity index is 439. The van der Waals surface area contributed by atoms with Crippen LogP contribution in [0.5, 0.6) is 0 Å². The van der Waals surface area contributed by atoms with Crippen molar-refractivity contribution >= 4 is 17.3 Å². The average Bonchev–Trinajstić information content (AvgIpc) is 2.33. The van der Waals surface area contributed by atoms with Crippen LogP contribution in [0.4, 0.5) is 5.69 Å². The van der Waals surface area contributed by atoms with E-state index in [4.69, 9.17) is 11.6 Å². The molecule has 0 spiro atoms. The van der Waals surface area contributed by atoms with Gasteiger partial charge in [0.1, 0.15) is 0 Å². The highest BCUT2D eigenvalue weighted by molar-refractivity contribution is 6.30. The maximum atomic E-state index is 5.84. The number of hydrogen-bond acceptors (Lipinski definition) is 1. The second kappa shape index (κ2) is 5.01. The second-order valence-corrected chi connectivity index (χ2v) is 4.10. The summed E-state index contributed by atoms with van der Waals surface area (Å²) in [4.78, 5) is 0. The van der Waals surface area contributed by atoms with E-state index in [1.807, 2.05) is 59.6 Å². The minimum atomic E-state index is 0.763. The Kier molecular flexibility index (Phi) is 3.44. The van der Waals surface area contributed by atoms with Crippen LogP contribution in [-0.2, 0) is 6.54 Å². The Hall–Kier alpha value is -1.51. The SMILES string of the molecule is [NH3+][15N](Cc1ccc(Cl)cc1)c1ccccc1. The van der Waals surface area contributed by atoms with Gasteiger partial charge in [0.2, 0.25) is 0 Å². The van der Waals surface area contributed by atoms with Crippen LogP contribution in [0.1, 0.15) is 5.56 Å². The zero-order valence-electron chi connectivity index (χ0n) is 8.94. The largest absolute Gasteiger partial charge is 0.255 e. The van der Waals surface area contributed by atoms with E-state index in [9.17, 15) is 0 Å². The molecule has 3 N–H and O–H groups in total. The number of nitrogens with zero attached hydrogens (tertiary/aromatic N) is 1. The molecule has 2 aromatic carbocycles. The fourth-order valence-electron chi connectivity index (χ4n) is 1.54. The molecule has 82 valence electrons. The van der Waals surface area contributed by atoms with Gasteiger partial charge in [-0.2, -0.15) is 0 Å². The van der Waals surface area contributed by atoms with Gasteiger partial charge >= 0.3 is 0 Å². The highest BCUT2D eigenvalue weighted by Gasteiger charge is 2.04. The maximum absolute atomic E-state index is 5.84. The molecule has 0 aromatic heterocycles. The van der Waals surface area contributed by atoms with Crippen molar-refractivity contribution in [3.05, 3.63) is 65.2 Å². The number of quaternary nitrogens is 1. The molecule has 3 heteroatoms. The molecule has 16 heavy (non-hydrogen) atoms. The van der Waals surface area contributed by atoms with Crippen molar-refractivity contribution in [3.63, 3.8) is 0 Å². The lowest BCUT2D eigenvalue weighted by molar-refractivity contribution is -0.388. The van der Waals surface area contributed by atoms with Crippen molar-refractivity contribution in [1.29, 1.82) is 0 Å². The first-order chi connectivity index (χ1) is 7.75. The van der Waals surface area contributed by atoms with Gasteiger partial charge in [-0.3, -0.25) is 5.84 Å². The summed E-state index contributed by atoms with van der Waals surface area (Å²) in [5, 5.41) is 2.72. The van der Waals surface area contributed by atoms with Gasteiger partial charge in [-0.15, -0.1) is 0 Å². The summed E-state index contributed by atoms with van der Waals surface area (Å²) in [6.07, 6.45) is 0. The quantitative estimate of drug-likeness (QED) is 0.642. The van der Waals surface area contributed by atoms with Crippen LogP contribution in [0.2, 0.25) is 5.02 Å². The van der Waals surface area contributed by atoms with E-state index >= 15 is 0 Å². The summed E-state index contributed by atoms with van der Waals surface area (Å²) in [6.45, 7) is 0.779. The molecule has 2 aromatic rings. The predicted molar refractivity (Wildman–Crippen MR) is 67.0 cm³/mol. The molecule has 0 atom stereocenters. The van der Waals surface area contributed by atoms with E-state index in [0.717, 1.165) is 17.3 Å². The van der Waals surface area contributed by atoms with Crippen LogP contribution in [0.25, 0.3) is 0 Å². The van der Waals surface area contributed by atoms with Crippen molar-refractivity contribution in [1.82, 2.24) is 0 Å². The molecule has 0 bridgehead atoms. The standard InChI is InChI=1S/C13H13ClN2/c14-12-8-6-11(7-9-12)10-16(15)13-4-2-1-3-5-13/h1-9H,10,15H2/p+1/i16+1. The average molecular weight is 235 g/mol. The number of para-hydroxylation sites is 1. The third-order valence-corrected chi connectivity index (χ3v) is 2.66. The van der Waals surface area contributed by atoms with E-state index in [2.05, 4.69) is 5.84 Å². The molecule has 2 nitrogen and oxygen atoms in total. The topological polar surface area (TPSA) is 30.9 Å². The van der Waals surface area contributed by atoms with E-state index in [1.54, 1.807) is 0 Å². The Morgan fingerprint density at radius 1 is 0.938 bits per heavy atom. The third-order valence-electron chi connectivity index (χ3n) is 2.41. The molecular formula is C13H14ClN2+. The minimum absolute atomic E-state index is 0.763. The van der Waals surface area contributed by atoms with Gasteiger partial charge < -0.3 is 0 Å². The zero-order valence-corrected chi connectivity index (χ0v) is 9.69. The highest BCUT2D eigenvalue weighted by Crippen LogP contribution is 2.14. The Morgan fingerprint density at radius 2 is 1.56 bits per heavy atom. The van der Waals surface area contributed by atoms with E-state index in [0.29, 0.717) is 0 Å². The van der Waals surface area contributed by atoms with Gasteiger partial charge in [-0.05, 0) is 29.8 Å². The van der Waals surface area contributed by atoms with E-state index < -0.39 is 0 Å². The monoisotopic (exact) mass is 234 g/mol. The van der Waals surface area contributed by atoms with Gasteiger partial charge in [0, 0.05) is 5.02 Å². The van der Waals surface area contributed by atoms with Crippen LogP contribution < -0.4 is 10.9 Å². The first-order valence-corrected chi connectivity index (χ1v) is 5.51. The van der Waals surface area contributed by atoms with Gasteiger partial charge in [-0.25, -0.2) is 5.01 Å². The number of rotatable bonds is 3. The summed E-state index contributed by atoms with van der Waals surface area (Å²) < 4.78 is 0. The summed E-state index contributed by atoms with van der Waals surface area (Å²) in [6, 6.07) is 17.9. The summed E-state index contributed by atoms with van der Waals surface area (Å²) >= 11 is 5.84. The molecule has 0 heterocycles. The Morgan fingerprint density at radius 3 is 2.19 bits per heavy atom. The fourth-order valence-corrected chi connectivity index (χ4v) is 1.67. The molecule has 0 aliphatic carbocycles. The smallest absolute Gasteiger partial charge is 0.0929 e. The third kappa shape index (κ3) is 2.75. The fraction of sp³-hybridized carbons (Fsp3) is 0.0769. The molecule has 0 aliphatic heterocycles. The normalized spacial score (nSPS) is 10.1. The Labute approximate surface area is 100 Å². The summed E-state index contributed by atoms with van der Waals surface area (Å²) in [5.41, 5.74) is 2.31. The second-order valence-electron chi connectivity index (χ2n) is 3.66. The van der Waals surface area contributed by atoms with Gasteiger partial charge in [-0.1, -0.05) is 41.9 Å². The lowest BCUT2D eigenvalue weighted by atomic mass is 10.2. The van der Waals surface area contributed by atoms with Crippen LogP contribution >= 0.6 is 11.6 Å². The maximum Gasteiger partial charge on any atom is 0.0929 e. The van der Waals surface area contributed by atoms with Gasteiger partial charge in [0.25, 0.3) is 0 Å². The van der Waals surface area contributed by atoms with Gasteiger partial charge in [0.05, 0.1) is 12.2 Å². The predicted octanol–water partition coefficient (Wildman–Crippen LogP) is 2.50. The van der Waals surface area contributed by atoms with Crippen LogP contribution in [0, 0.1) is 0 Å². The van der Waals surface area contributed by atoms with Crippen molar-refractivity contribution in [2.45, 2.75) is 6.54 Å². The molecule has 0 radical (unpaired) electrons. The number of benzene rings is 2. The molecule has 2 rings (SSSR count). The number of halogens is 1. The van der Waals surface area contributed by atoms with Crippen molar-refractivity contribution in [3.8, 4) is 0 Å². The summed E-state index contributed by atoms with van der Waals surface area (Å²) in [7, 11) is 0. The van der Waals surface area contributed by atoms with Crippen molar-refractivity contribution < 1.29 is 5.84 Å². The lowest BCUT2D eigenvalue weighted by Crippen LogP contribution is -2.67. The van der Waals surface area contributed by atoms with Crippen LogP contribution in [-0.4, -0.2) is 0 Å². The summed E-state index contributed by atoms with van der Waals surface area (Å²) in [5.74, 6) is 4.03. The highest BCUT2D eigenvalue weighted by atomic mass is 35.5. The molecule has 0 fully saturated rings. The zero-order chi connectivity index (χ0) is 11.4. The van der Waals surface area contributed by atoms with Gasteiger partial charge in [0.15, 0.2) is 0 Å². The van der Waals surface area contributed by atoms with Crippen LogP contribution in [0.3, 0.4) is 0 Å². The first-order valence-electron chi connectivity index (χ1n) is 5.13.